The fourth-order valence-electron chi connectivity index (χ4n) is 6.48. The topological polar surface area (TPSA) is 113 Å². The van der Waals surface area contributed by atoms with E-state index in [4.69, 9.17) is 19.2 Å². The van der Waals surface area contributed by atoms with Crippen LogP contribution in [-0.4, -0.2) is 74.5 Å². The molecule has 1 unspecified atom stereocenters. The van der Waals surface area contributed by atoms with Crippen molar-refractivity contribution in [3.63, 3.8) is 0 Å². The Kier molecular flexibility index (Phi) is 6.03. The van der Waals surface area contributed by atoms with E-state index in [-0.39, 0.29) is 17.9 Å². The average molecular weight is 541 g/mol. The van der Waals surface area contributed by atoms with Gasteiger partial charge in [-0.1, -0.05) is 11.6 Å². The Hall–Kier alpha value is -2.66. The zero-order valence-electron chi connectivity index (χ0n) is 22.8. The number of carbonyl (C=O) groups is 2. The monoisotopic (exact) mass is 540 g/mol. The first-order chi connectivity index (χ1) is 18.1. The van der Waals surface area contributed by atoms with Gasteiger partial charge in [0, 0.05) is 36.8 Å². The summed E-state index contributed by atoms with van der Waals surface area (Å²) in [5.41, 5.74) is 4.24. The lowest BCUT2D eigenvalue weighted by Gasteiger charge is -2.48. The zero-order valence-corrected chi connectivity index (χ0v) is 23.6. The maximum atomic E-state index is 13.1. The van der Waals surface area contributed by atoms with Crippen molar-refractivity contribution in [2.75, 3.05) is 19.3 Å². The van der Waals surface area contributed by atoms with E-state index in [0.29, 0.717) is 31.0 Å². The van der Waals surface area contributed by atoms with Crippen LogP contribution in [0.1, 0.15) is 83.2 Å². The van der Waals surface area contributed by atoms with Gasteiger partial charge in [-0.15, -0.1) is 11.8 Å². The predicted molar refractivity (Wildman–Crippen MR) is 145 cm³/mol. The molecule has 11 heteroatoms. The summed E-state index contributed by atoms with van der Waals surface area (Å²) < 4.78 is 11.5. The van der Waals surface area contributed by atoms with Crippen LogP contribution < -0.4 is 5.43 Å². The number of amidine groups is 1. The van der Waals surface area contributed by atoms with Crippen LogP contribution in [0.3, 0.4) is 0 Å². The van der Waals surface area contributed by atoms with Crippen molar-refractivity contribution in [1.29, 1.82) is 0 Å². The smallest absolute Gasteiger partial charge is 0.410 e. The third-order valence-electron chi connectivity index (χ3n) is 8.42. The lowest BCUT2D eigenvalue weighted by Crippen LogP contribution is -2.67. The van der Waals surface area contributed by atoms with Crippen molar-refractivity contribution in [3.8, 4) is 0 Å². The number of fused-ring (bicyclic) bond motifs is 3. The Morgan fingerprint density at radius 2 is 1.97 bits per heavy atom. The lowest BCUT2D eigenvalue weighted by molar-refractivity contribution is -0.128. The van der Waals surface area contributed by atoms with Crippen LogP contribution in [-0.2, 0) is 21.4 Å². The first kappa shape index (κ1) is 25.6. The van der Waals surface area contributed by atoms with Crippen LogP contribution >= 0.6 is 11.8 Å². The van der Waals surface area contributed by atoms with Gasteiger partial charge < -0.3 is 19.6 Å². The summed E-state index contributed by atoms with van der Waals surface area (Å²) in [6, 6.07) is 0.0572. The van der Waals surface area contributed by atoms with Crippen LogP contribution in [0.2, 0.25) is 0 Å². The fourth-order valence-corrected chi connectivity index (χ4v) is 7.13. The Morgan fingerprint density at radius 1 is 1.21 bits per heavy atom. The van der Waals surface area contributed by atoms with Crippen LogP contribution in [0, 0.1) is 0 Å². The number of Topliss-reactive ketones (excluding diaryl/α,β-unsaturated/α-hetero) is 1. The molecule has 1 aromatic heterocycles. The lowest BCUT2D eigenvalue weighted by atomic mass is 9.64. The Balaban J connectivity index is 1.30. The van der Waals surface area contributed by atoms with Gasteiger partial charge in [-0.3, -0.25) is 4.79 Å². The normalized spacial score (nSPS) is 29.7. The first-order valence-electron chi connectivity index (χ1n) is 13.6. The Bertz CT molecular complexity index is 1270. The maximum Gasteiger partial charge on any atom is 0.410 e. The number of amides is 1. The molecule has 4 heterocycles. The standard InChI is InChI=1S/C27H36N6O4S/c1-25(2,3)36-24(35)32-14-16(15-32)33-26(4)18(13-28-33)23(38-5)29-22(30-26)20-17-9-8-12-27(21(17)37-31-20)11-7-6-10-19(27)34/h13,16,28H,6-12,14-15H2,1-5H3/t26?,27-/m1/s1. The first-order valence-corrected chi connectivity index (χ1v) is 14.8. The van der Waals surface area contributed by atoms with Gasteiger partial charge in [-0.05, 0) is 66.1 Å². The maximum absolute atomic E-state index is 13.1. The van der Waals surface area contributed by atoms with Crippen LogP contribution in [0.4, 0.5) is 4.79 Å². The second-order valence-electron chi connectivity index (χ2n) is 12.1. The molecule has 1 aromatic rings. The van der Waals surface area contributed by atoms with Crippen LogP contribution in [0.5, 0.6) is 0 Å². The number of likely N-dealkylation sites (tertiary alicyclic amines) is 1. The van der Waals surface area contributed by atoms with Gasteiger partial charge in [-0.2, -0.15) is 5.01 Å². The van der Waals surface area contributed by atoms with Crippen molar-refractivity contribution in [1.82, 2.24) is 20.5 Å². The molecule has 1 saturated carbocycles. The van der Waals surface area contributed by atoms with Crippen LogP contribution in [0.15, 0.2) is 26.3 Å². The van der Waals surface area contributed by atoms with E-state index in [0.717, 1.165) is 60.5 Å². The number of hydrogen-bond donors (Lipinski definition) is 1. The molecule has 10 nitrogen and oxygen atoms in total. The van der Waals surface area contributed by atoms with E-state index in [9.17, 15) is 9.59 Å². The molecule has 204 valence electrons. The molecule has 1 amide bonds. The number of hydrogen-bond acceptors (Lipinski definition) is 10. The molecule has 6 rings (SSSR count). The summed E-state index contributed by atoms with van der Waals surface area (Å²) >= 11 is 1.57. The molecule has 0 aromatic carbocycles. The van der Waals surface area contributed by atoms with Gasteiger partial charge in [0.15, 0.2) is 23.0 Å². The summed E-state index contributed by atoms with van der Waals surface area (Å²) in [4.78, 5) is 37.4. The van der Waals surface area contributed by atoms with Gasteiger partial charge >= 0.3 is 6.09 Å². The molecule has 0 bridgehead atoms. The second-order valence-corrected chi connectivity index (χ2v) is 12.9. The van der Waals surface area contributed by atoms with Crippen molar-refractivity contribution in [2.45, 2.75) is 95.4 Å². The van der Waals surface area contributed by atoms with Gasteiger partial charge in [0.2, 0.25) is 0 Å². The summed E-state index contributed by atoms with van der Waals surface area (Å²) in [6.07, 6.45) is 9.66. The van der Waals surface area contributed by atoms with Crippen molar-refractivity contribution in [2.24, 2.45) is 9.98 Å². The largest absolute Gasteiger partial charge is 0.444 e. The minimum Gasteiger partial charge on any atom is -0.444 e. The number of thioether (sulfide) groups is 1. The fraction of sp³-hybridized carbons (Fsp3) is 0.667. The predicted octanol–water partition coefficient (Wildman–Crippen LogP) is 3.95. The Labute approximate surface area is 227 Å². The number of ether oxygens (including phenoxy) is 1. The summed E-state index contributed by atoms with van der Waals surface area (Å²) in [7, 11) is 0. The van der Waals surface area contributed by atoms with Gasteiger partial charge in [0.1, 0.15) is 16.4 Å². The van der Waals surface area contributed by atoms with Crippen LogP contribution in [0.25, 0.3) is 0 Å². The van der Waals surface area contributed by atoms with Crippen molar-refractivity contribution >= 4 is 34.5 Å². The Morgan fingerprint density at radius 3 is 2.68 bits per heavy atom. The van der Waals surface area contributed by atoms with Gasteiger partial charge in [-0.25, -0.2) is 14.8 Å². The molecule has 0 radical (unpaired) electrons. The molecule has 38 heavy (non-hydrogen) atoms. The zero-order chi connectivity index (χ0) is 26.9. The molecular weight excluding hydrogens is 504 g/mol. The third-order valence-corrected chi connectivity index (χ3v) is 9.12. The van der Waals surface area contributed by atoms with E-state index in [1.54, 1.807) is 16.7 Å². The highest BCUT2D eigenvalue weighted by molar-refractivity contribution is 8.13. The summed E-state index contributed by atoms with van der Waals surface area (Å²) in [5, 5.41) is 7.46. The molecule has 1 N–H and O–H groups in total. The molecule has 1 spiro atoms. The molecule has 5 aliphatic rings. The highest BCUT2D eigenvalue weighted by Crippen LogP contribution is 2.47. The second kappa shape index (κ2) is 8.94. The highest BCUT2D eigenvalue weighted by Gasteiger charge is 2.53. The van der Waals surface area contributed by atoms with E-state index < -0.39 is 16.7 Å². The molecule has 1 saturated heterocycles. The van der Waals surface area contributed by atoms with Gasteiger partial charge in [0.25, 0.3) is 0 Å². The number of aromatic nitrogens is 1. The highest BCUT2D eigenvalue weighted by atomic mass is 32.2. The van der Waals surface area contributed by atoms with Crippen molar-refractivity contribution < 1.29 is 18.8 Å². The molecular formula is C27H36N6O4S. The minimum atomic E-state index is -0.723. The number of rotatable bonds is 2. The number of hydrazine groups is 1. The number of ketones is 1. The minimum absolute atomic E-state index is 0.0572. The molecule has 2 atom stereocenters. The van der Waals surface area contributed by atoms with E-state index in [1.807, 2.05) is 33.2 Å². The average Bonchev–Trinajstić information content (AvgIpc) is 3.41. The summed E-state index contributed by atoms with van der Waals surface area (Å²) in [6.45, 7) is 8.77. The number of nitrogens with zero attached hydrogens (tertiary/aromatic N) is 5. The third kappa shape index (κ3) is 3.92. The van der Waals surface area contributed by atoms with Crippen molar-refractivity contribution in [3.05, 3.63) is 28.8 Å². The SMILES string of the molecule is CSC1=NC(c2noc3c2CCC[C@@]32CCCCC2=O)=NC2(C)C1=CNN2C1CN(C(=O)OC(C)(C)C)C1. The van der Waals surface area contributed by atoms with E-state index in [1.165, 1.54) is 0 Å². The molecule has 3 aliphatic heterocycles. The van der Waals surface area contributed by atoms with E-state index >= 15 is 0 Å². The van der Waals surface area contributed by atoms with E-state index in [2.05, 4.69) is 22.5 Å². The van der Waals surface area contributed by atoms with Gasteiger partial charge in [0.05, 0.1) is 11.5 Å². The number of nitrogens with one attached hydrogen (secondary N) is 1. The molecule has 2 fully saturated rings. The number of carbonyl (C=O) groups excluding carboxylic acids is 2. The quantitative estimate of drug-likeness (QED) is 0.600. The number of aliphatic imine (C=N–C) groups is 2. The summed E-state index contributed by atoms with van der Waals surface area (Å²) in [5.74, 6) is 1.57. The molecule has 2 aliphatic carbocycles.